The molecule has 1 amide bonds. The van der Waals surface area contributed by atoms with Crippen LogP contribution in [0.5, 0.6) is 0 Å². The van der Waals surface area contributed by atoms with Crippen LogP contribution in [0.15, 0.2) is 96.2 Å². The first-order valence-corrected chi connectivity index (χ1v) is 13.1. The molecule has 38 heavy (non-hydrogen) atoms. The van der Waals surface area contributed by atoms with Crippen LogP contribution in [-0.2, 0) is 9.63 Å². The highest BCUT2D eigenvalue weighted by Crippen LogP contribution is 2.46. The van der Waals surface area contributed by atoms with Gasteiger partial charge in [0.05, 0.1) is 11.9 Å². The zero-order chi connectivity index (χ0) is 26.2. The molecule has 0 unspecified atom stereocenters. The fourth-order valence-corrected chi connectivity index (χ4v) is 5.19. The third kappa shape index (κ3) is 5.52. The summed E-state index contributed by atoms with van der Waals surface area (Å²) in [5, 5.41) is 17.4. The van der Waals surface area contributed by atoms with Gasteiger partial charge in [-0.15, -0.1) is 0 Å². The Bertz CT molecular complexity index is 1430. The summed E-state index contributed by atoms with van der Waals surface area (Å²) in [7, 11) is 0. The van der Waals surface area contributed by atoms with Crippen molar-refractivity contribution in [2.45, 2.75) is 38.1 Å². The van der Waals surface area contributed by atoms with Crippen molar-refractivity contribution in [3.05, 3.63) is 102 Å². The van der Waals surface area contributed by atoms with Crippen LogP contribution in [0.3, 0.4) is 0 Å². The van der Waals surface area contributed by atoms with Gasteiger partial charge in [0.15, 0.2) is 6.61 Å². The first kappa shape index (κ1) is 25.0. The van der Waals surface area contributed by atoms with Gasteiger partial charge in [0.1, 0.15) is 17.5 Å². The maximum absolute atomic E-state index is 13.1. The Balaban J connectivity index is 1.55. The van der Waals surface area contributed by atoms with E-state index in [1.54, 1.807) is 6.21 Å². The van der Waals surface area contributed by atoms with E-state index in [1.807, 2.05) is 78.9 Å². The number of hydrogen-bond donors (Lipinski definition) is 1. The molecule has 0 radical (unpaired) electrons. The molecular weight excluding hydrogens is 472 g/mol. The van der Waals surface area contributed by atoms with Crippen molar-refractivity contribution < 1.29 is 9.63 Å². The number of rotatable bonds is 8. The molecule has 1 aliphatic rings. The average Bonchev–Trinajstić information content (AvgIpc) is 3.31. The molecule has 6 nitrogen and oxygen atoms in total. The molecule has 0 atom stereocenters. The zero-order valence-corrected chi connectivity index (χ0v) is 21.2. The van der Waals surface area contributed by atoms with Crippen molar-refractivity contribution in [2.75, 3.05) is 11.9 Å². The van der Waals surface area contributed by atoms with Crippen molar-refractivity contribution in [1.29, 1.82) is 5.26 Å². The van der Waals surface area contributed by atoms with E-state index < -0.39 is 0 Å². The molecule has 4 aromatic rings. The van der Waals surface area contributed by atoms with Crippen LogP contribution < -0.4 is 5.32 Å². The number of aromatic nitrogens is 1. The van der Waals surface area contributed by atoms with Gasteiger partial charge in [0.25, 0.3) is 5.91 Å². The Morgan fingerprint density at radius 3 is 2.16 bits per heavy atom. The normalized spacial score (nSPS) is 13.8. The summed E-state index contributed by atoms with van der Waals surface area (Å²) in [6, 6.07) is 32.2. The summed E-state index contributed by atoms with van der Waals surface area (Å²) in [6.45, 7) is -0.259. The number of amides is 1. The Kier molecular flexibility index (Phi) is 7.95. The Labute approximate surface area is 223 Å². The second-order valence-electron chi connectivity index (χ2n) is 9.42. The summed E-state index contributed by atoms with van der Waals surface area (Å²) >= 11 is 0. The van der Waals surface area contributed by atoms with E-state index in [1.165, 1.54) is 6.42 Å². The highest BCUT2D eigenvalue weighted by Gasteiger charge is 2.30. The van der Waals surface area contributed by atoms with E-state index in [9.17, 15) is 10.1 Å². The van der Waals surface area contributed by atoms with Gasteiger partial charge in [0.2, 0.25) is 0 Å². The number of carbonyl (C=O) groups is 1. The number of nitrogens with one attached hydrogen (secondary N) is 1. The lowest BCUT2D eigenvalue weighted by molar-refractivity contribution is -0.120. The van der Waals surface area contributed by atoms with Gasteiger partial charge in [-0.25, -0.2) is 0 Å². The minimum Gasteiger partial charge on any atom is -0.386 e. The largest absolute Gasteiger partial charge is 0.386 e. The standard InChI is InChI=1S/C32H30N4O2/c33-21-28-30(25-15-7-2-8-16-25)31(26-17-9-3-10-18-26)36(27-19-11-4-12-20-27)32(28)35-29(37)23-38-34-22-24-13-5-1-6-14-24/h1-3,5-10,13-18,22,27H,4,11-12,19-20,23H2,(H,35,37). The van der Waals surface area contributed by atoms with E-state index >= 15 is 0 Å². The predicted molar refractivity (Wildman–Crippen MR) is 151 cm³/mol. The van der Waals surface area contributed by atoms with Crippen LogP contribution >= 0.6 is 0 Å². The number of oxime groups is 1. The molecule has 1 fully saturated rings. The van der Waals surface area contributed by atoms with E-state index in [0.29, 0.717) is 11.4 Å². The minimum atomic E-state index is -0.361. The maximum Gasteiger partial charge on any atom is 0.266 e. The number of benzene rings is 3. The molecule has 0 saturated heterocycles. The molecule has 1 N–H and O–H groups in total. The summed E-state index contributed by atoms with van der Waals surface area (Å²) in [4.78, 5) is 18.4. The van der Waals surface area contributed by atoms with Crippen molar-refractivity contribution in [3.8, 4) is 28.5 Å². The van der Waals surface area contributed by atoms with Crippen molar-refractivity contribution in [3.63, 3.8) is 0 Å². The quantitative estimate of drug-likeness (QED) is 0.205. The van der Waals surface area contributed by atoms with Gasteiger partial charge in [-0.3, -0.25) is 4.79 Å². The molecule has 1 saturated carbocycles. The minimum absolute atomic E-state index is 0.177. The second kappa shape index (κ2) is 12.1. The molecule has 1 aromatic heterocycles. The van der Waals surface area contributed by atoms with Gasteiger partial charge in [0, 0.05) is 11.6 Å². The Morgan fingerprint density at radius 2 is 1.53 bits per heavy atom. The van der Waals surface area contributed by atoms with Crippen LogP contribution in [0.1, 0.15) is 49.3 Å². The number of carbonyl (C=O) groups excluding carboxylic acids is 1. The molecule has 1 aliphatic carbocycles. The monoisotopic (exact) mass is 502 g/mol. The average molecular weight is 503 g/mol. The molecule has 190 valence electrons. The Morgan fingerprint density at radius 1 is 0.921 bits per heavy atom. The van der Waals surface area contributed by atoms with Crippen molar-refractivity contribution >= 4 is 17.9 Å². The third-order valence-corrected chi connectivity index (χ3v) is 6.90. The number of nitriles is 1. The van der Waals surface area contributed by atoms with Crippen LogP contribution in [0.4, 0.5) is 5.82 Å². The highest BCUT2D eigenvalue weighted by atomic mass is 16.6. The van der Waals surface area contributed by atoms with Crippen LogP contribution in [0.25, 0.3) is 22.4 Å². The molecule has 0 aliphatic heterocycles. The summed E-state index contributed by atoms with van der Waals surface area (Å²) in [5.74, 6) is 0.165. The summed E-state index contributed by atoms with van der Waals surface area (Å²) < 4.78 is 2.19. The fraction of sp³-hybridized carbons (Fsp3) is 0.219. The topological polar surface area (TPSA) is 79.4 Å². The number of anilines is 1. The van der Waals surface area contributed by atoms with E-state index in [2.05, 4.69) is 33.2 Å². The lowest BCUT2D eigenvalue weighted by Crippen LogP contribution is -2.23. The fourth-order valence-electron chi connectivity index (χ4n) is 5.19. The van der Waals surface area contributed by atoms with Crippen LogP contribution in [0.2, 0.25) is 0 Å². The van der Waals surface area contributed by atoms with Gasteiger partial charge >= 0.3 is 0 Å². The SMILES string of the molecule is N#Cc1c(-c2ccccc2)c(-c2ccccc2)n(C2CCCCC2)c1NC(=O)CON=Cc1ccccc1. The molecule has 0 bridgehead atoms. The maximum atomic E-state index is 13.1. The first-order valence-electron chi connectivity index (χ1n) is 13.1. The lowest BCUT2D eigenvalue weighted by atomic mass is 9.94. The molecular formula is C32H30N4O2. The van der Waals surface area contributed by atoms with Gasteiger partial charge in [-0.1, -0.05) is 115 Å². The van der Waals surface area contributed by atoms with Gasteiger partial charge in [-0.2, -0.15) is 5.26 Å². The zero-order valence-electron chi connectivity index (χ0n) is 21.2. The molecule has 6 heteroatoms. The van der Waals surface area contributed by atoms with Crippen LogP contribution in [0, 0.1) is 11.3 Å². The van der Waals surface area contributed by atoms with Gasteiger partial charge < -0.3 is 14.7 Å². The summed E-state index contributed by atoms with van der Waals surface area (Å²) in [5.41, 5.74) is 5.09. The molecule has 1 heterocycles. The molecule has 5 rings (SSSR count). The van der Waals surface area contributed by atoms with E-state index in [-0.39, 0.29) is 18.6 Å². The smallest absolute Gasteiger partial charge is 0.266 e. The first-order chi connectivity index (χ1) is 18.8. The Hall–Kier alpha value is -4.63. The second-order valence-corrected chi connectivity index (χ2v) is 9.42. The summed E-state index contributed by atoms with van der Waals surface area (Å²) in [6.07, 6.45) is 6.99. The van der Waals surface area contributed by atoms with E-state index in [0.717, 1.165) is 53.6 Å². The third-order valence-electron chi connectivity index (χ3n) is 6.90. The van der Waals surface area contributed by atoms with E-state index in [4.69, 9.17) is 4.84 Å². The van der Waals surface area contributed by atoms with Crippen molar-refractivity contribution in [1.82, 2.24) is 4.57 Å². The van der Waals surface area contributed by atoms with Gasteiger partial charge in [-0.05, 0) is 29.5 Å². The molecule has 0 spiro atoms. The molecule has 3 aromatic carbocycles. The highest BCUT2D eigenvalue weighted by molar-refractivity contribution is 5.98. The number of nitrogens with zero attached hydrogens (tertiary/aromatic N) is 3. The van der Waals surface area contributed by atoms with Crippen LogP contribution in [-0.4, -0.2) is 23.3 Å². The lowest BCUT2D eigenvalue weighted by Gasteiger charge is -2.28. The van der Waals surface area contributed by atoms with Crippen molar-refractivity contribution in [2.24, 2.45) is 5.16 Å². The number of hydrogen-bond acceptors (Lipinski definition) is 4. The predicted octanol–water partition coefficient (Wildman–Crippen LogP) is 7.19.